The molecule has 0 saturated heterocycles. The first-order valence-corrected chi connectivity index (χ1v) is 8.23. The summed E-state index contributed by atoms with van der Waals surface area (Å²) in [5.74, 6) is -0.135. The fraction of sp³-hybridized carbons (Fsp3) is 0.263. The van der Waals surface area contributed by atoms with Gasteiger partial charge in [-0.15, -0.1) is 0 Å². The molecule has 6 heteroatoms. The summed E-state index contributed by atoms with van der Waals surface area (Å²) in [7, 11) is 1.56. The van der Waals surface area contributed by atoms with Crippen molar-refractivity contribution in [1.29, 1.82) is 0 Å². The van der Waals surface area contributed by atoms with Gasteiger partial charge in [-0.3, -0.25) is 9.59 Å². The lowest BCUT2D eigenvalue weighted by atomic mass is 10.1. The fourth-order valence-electron chi connectivity index (χ4n) is 2.19. The second-order valence-electron chi connectivity index (χ2n) is 5.76. The number of carbonyl (C=O) groups is 2. The molecule has 0 radical (unpaired) electrons. The van der Waals surface area contributed by atoms with Crippen molar-refractivity contribution in [1.82, 2.24) is 4.90 Å². The van der Waals surface area contributed by atoms with Gasteiger partial charge in [0, 0.05) is 12.7 Å². The summed E-state index contributed by atoms with van der Waals surface area (Å²) in [4.78, 5) is 25.6. The van der Waals surface area contributed by atoms with Crippen LogP contribution in [0, 0.1) is 13.8 Å². The van der Waals surface area contributed by atoms with Crippen LogP contribution in [0.5, 0.6) is 5.75 Å². The lowest BCUT2D eigenvalue weighted by Crippen LogP contribution is -2.37. The Balaban J connectivity index is 1.87. The van der Waals surface area contributed by atoms with E-state index in [9.17, 15) is 9.59 Å². The predicted molar refractivity (Wildman–Crippen MR) is 99.1 cm³/mol. The summed E-state index contributed by atoms with van der Waals surface area (Å²) in [5, 5.41) is 3.26. The largest absolute Gasteiger partial charge is 0.482 e. The number of nitrogens with zero attached hydrogens (tertiary/aromatic N) is 1. The van der Waals surface area contributed by atoms with E-state index in [1.807, 2.05) is 32.0 Å². The van der Waals surface area contributed by atoms with E-state index in [1.165, 1.54) is 4.90 Å². The lowest BCUT2D eigenvalue weighted by Gasteiger charge is -2.18. The summed E-state index contributed by atoms with van der Waals surface area (Å²) < 4.78 is 5.40. The number of likely N-dealkylation sites (N-methyl/N-ethyl adjacent to an activating group) is 1. The smallest absolute Gasteiger partial charge is 0.260 e. The molecule has 25 heavy (non-hydrogen) atoms. The number of benzene rings is 2. The Kier molecular flexibility index (Phi) is 6.42. The molecule has 2 aromatic rings. The van der Waals surface area contributed by atoms with Crippen LogP contribution >= 0.6 is 11.6 Å². The maximum absolute atomic E-state index is 12.2. The van der Waals surface area contributed by atoms with E-state index in [1.54, 1.807) is 31.3 Å². The van der Waals surface area contributed by atoms with Gasteiger partial charge in [-0.25, -0.2) is 0 Å². The van der Waals surface area contributed by atoms with Crippen LogP contribution in [0.1, 0.15) is 11.1 Å². The molecular formula is C19H21ClN2O3. The summed E-state index contributed by atoms with van der Waals surface area (Å²) in [6.45, 7) is 3.68. The van der Waals surface area contributed by atoms with Gasteiger partial charge in [0.25, 0.3) is 5.91 Å². The Morgan fingerprint density at radius 1 is 1.12 bits per heavy atom. The van der Waals surface area contributed by atoms with Gasteiger partial charge in [-0.05, 0) is 43.2 Å². The molecule has 0 aliphatic heterocycles. The quantitative estimate of drug-likeness (QED) is 0.858. The first-order valence-electron chi connectivity index (χ1n) is 7.86. The predicted octanol–water partition coefficient (Wildman–Crippen LogP) is 3.43. The van der Waals surface area contributed by atoms with Crippen LogP contribution in [0.15, 0.2) is 42.5 Å². The Hall–Kier alpha value is -2.53. The Morgan fingerprint density at radius 2 is 1.84 bits per heavy atom. The van der Waals surface area contributed by atoms with E-state index < -0.39 is 0 Å². The zero-order valence-electron chi connectivity index (χ0n) is 14.5. The van der Waals surface area contributed by atoms with Crippen molar-refractivity contribution in [2.75, 3.05) is 25.5 Å². The second kappa shape index (κ2) is 8.53. The third-order valence-electron chi connectivity index (χ3n) is 3.87. The van der Waals surface area contributed by atoms with E-state index in [0.29, 0.717) is 10.8 Å². The minimum atomic E-state index is -0.309. The maximum Gasteiger partial charge on any atom is 0.260 e. The van der Waals surface area contributed by atoms with Crippen LogP contribution in [-0.2, 0) is 9.59 Å². The van der Waals surface area contributed by atoms with E-state index in [0.717, 1.165) is 16.8 Å². The van der Waals surface area contributed by atoms with Crippen molar-refractivity contribution in [3.05, 3.63) is 58.6 Å². The number of halogens is 1. The van der Waals surface area contributed by atoms with Crippen molar-refractivity contribution >= 4 is 29.1 Å². The van der Waals surface area contributed by atoms with Crippen molar-refractivity contribution in [3.63, 3.8) is 0 Å². The molecule has 0 heterocycles. The number of para-hydroxylation sites is 1. The van der Waals surface area contributed by atoms with E-state index in [4.69, 9.17) is 16.3 Å². The van der Waals surface area contributed by atoms with E-state index in [-0.39, 0.29) is 25.0 Å². The molecule has 0 bridgehead atoms. The van der Waals surface area contributed by atoms with Crippen molar-refractivity contribution in [2.45, 2.75) is 13.8 Å². The number of anilines is 1. The molecule has 0 unspecified atom stereocenters. The standard InChI is InChI=1S/C19H21ClN2O3/c1-13-7-6-9-16(14(13)2)21-18(23)11-22(3)19(24)12-25-17-10-5-4-8-15(17)20/h4-10H,11-12H2,1-3H3,(H,21,23). The van der Waals surface area contributed by atoms with Crippen molar-refractivity contribution in [3.8, 4) is 5.75 Å². The number of amides is 2. The van der Waals surface area contributed by atoms with Gasteiger partial charge in [0.1, 0.15) is 5.75 Å². The zero-order chi connectivity index (χ0) is 18.4. The highest BCUT2D eigenvalue weighted by molar-refractivity contribution is 6.32. The minimum absolute atomic E-state index is 0.0574. The maximum atomic E-state index is 12.2. The molecule has 0 fully saturated rings. The van der Waals surface area contributed by atoms with Gasteiger partial charge in [-0.2, -0.15) is 0 Å². The lowest BCUT2D eigenvalue weighted by molar-refractivity contribution is -0.135. The molecule has 2 amide bonds. The Labute approximate surface area is 152 Å². The molecule has 2 rings (SSSR count). The second-order valence-corrected chi connectivity index (χ2v) is 6.17. The summed E-state index contributed by atoms with van der Waals surface area (Å²) >= 11 is 5.98. The summed E-state index contributed by atoms with van der Waals surface area (Å²) in [5.41, 5.74) is 2.85. The van der Waals surface area contributed by atoms with Gasteiger partial charge < -0.3 is 15.0 Å². The van der Waals surface area contributed by atoms with Gasteiger partial charge in [0.2, 0.25) is 5.91 Å². The number of ether oxygens (including phenoxy) is 1. The monoisotopic (exact) mass is 360 g/mol. The van der Waals surface area contributed by atoms with Gasteiger partial charge in [0.15, 0.2) is 6.61 Å². The van der Waals surface area contributed by atoms with E-state index >= 15 is 0 Å². The van der Waals surface area contributed by atoms with Gasteiger partial charge in [-0.1, -0.05) is 35.9 Å². The third-order valence-corrected chi connectivity index (χ3v) is 4.19. The highest BCUT2D eigenvalue weighted by Gasteiger charge is 2.15. The van der Waals surface area contributed by atoms with Crippen LogP contribution in [0.2, 0.25) is 5.02 Å². The first-order chi connectivity index (χ1) is 11.9. The molecule has 5 nitrogen and oxygen atoms in total. The molecule has 132 valence electrons. The molecule has 0 aliphatic carbocycles. The number of carbonyl (C=O) groups excluding carboxylic acids is 2. The molecular weight excluding hydrogens is 340 g/mol. The zero-order valence-corrected chi connectivity index (χ0v) is 15.3. The Bertz CT molecular complexity index is 777. The average molecular weight is 361 g/mol. The SMILES string of the molecule is Cc1cccc(NC(=O)CN(C)C(=O)COc2ccccc2Cl)c1C. The van der Waals surface area contributed by atoms with Crippen LogP contribution < -0.4 is 10.1 Å². The first kappa shape index (κ1) is 18.8. The Morgan fingerprint density at radius 3 is 2.56 bits per heavy atom. The average Bonchev–Trinajstić information content (AvgIpc) is 2.58. The van der Waals surface area contributed by atoms with Crippen LogP contribution in [0.25, 0.3) is 0 Å². The highest BCUT2D eigenvalue weighted by atomic mass is 35.5. The highest BCUT2D eigenvalue weighted by Crippen LogP contribution is 2.23. The molecule has 0 atom stereocenters. The fourth-order valence-corrected chi connectivity index (χ4v) is 2.38. The summed E-state index contributed by atoms with van der Waals surface area (Å²) in [6, 6.07) is 12.6. The molecule has 0 aliphatic rings. The number of hydrogen-bond acceptors (Lipinski definition) is 3. The molecule has 2 aromatic carbocycles. The molecule has 1 N–H and O–H groups in total. The molecule has 0 spiro atoms. The number of rotatable bonds is 6. The van der Waals surface area contributed by atoms with E-state index in [2.05, 4.69) is 5.32 Å². The van der Waals surface area contributed by atoms with Crippen LogP contribution in [0.3, 0.4) is 0 Å². The summed E-state index contributed by atoms with van der Waals surface area (Å²) in [6.07, 6.45) is 0. The number of nitrogens with one attached hydrogen (secondary N) is 1. The molecule has 0 aromatic heterocycles. The third kappa shape index (κ3) is 5.22. The molecule has 0 saturated carbocycles. The normalized spacial score (nSPS) is 10.2. The van der Waals surface area contributed by atoms with Gasteiger partial charge >= 0.3 is 0 Å². The van der Waals surface area contributed by atoms with Crippen LogP contribution in [0.4, 0.5) is 5.69 Å². The van der Waals surface area contributed by atoms with Crippen molar-refractivity contribution in [2.24, 2.45) is 0 Å². The topological polar surface area (TPSA) is 58.6 Å². The number of hydrogen-bond donors (Lipinski definition) is 1. The van der Waals surface area contributed by atoms with Crippen LogP contribution in [-0.4, -0.2) is 36.9 Å². The van der Waals surface area contributed by atoms with Crippen molar-refractivity contribution < 1.29 is 14.3 Å². The van der Waals surface area contributed by atoms with Gasteiger partial charge in [0.05, 0.1) is 11.6 Å². The minimum Gasteiger partial charge on any atom is -0.482 e. The number of aryl methyl sites for hydroxylation is 1.